The van der Waals surface area contributed by atoms with E-state index < -0.39 is 24.0 Å². The molecule has 9 nitrogen and oxygen atoms in total. The van der Waals surface area contributed by atoms with Crippen LogP contribution in [0.2, 0.25) is 0 Å². The lowest BCUT2D eigenvalue weighted by atomic mass is 10.0. The number of rotatable bonds is 8. The molecule has 0 spiro atoms. The minimum absolute atomic E-state index is 0.0530. The van der Waals surface area contributed by atoms with E-state index in [0.717, 1.165) is 31.4 Å². The molecule has 0 radical (unpaired) electrons. The predicted molar refractivity (Wildman–Crippen MR) is 118 cm³/mol. The molecule has 2 aliphatic rings. The maximum Gasteiger partial charge on any atom is 0.243 e. The van der Waals surface area contributed by atoms with Crippen LogP contribution in [-0.4, -0.2) is 70.8 Å². The molecule has 2 aliphatic heterocycles. The summed E-state index contributed by atoms with van der Waals surface area (Å²) in [7, 11) is 0. The number of nitrogens with one attached hydrogen (secondary N) is 3. The molecule has 2 saturated heterocycles. The topological polar surface area (TPSA) is 128 Å². The zero-order valence-electron chi connectivity index (χ0n) is 18.6. The number of carbonyl (C=O) groups is 4. The van der Waals surface area contributed by atoms with Crippen molar-refractivity contribution in [3.8, 4) is 5.75 Å². The summed E-state index contributed by atoms with van der Waals surface area (Å²) in [5.74, 6) is -0.957. The largest absolute Gasteiger partial charge is 0.508 e. The van der Waals surface area contributed by atoms with Gasteiger partial charge in [0.1, 0.15) is 17.8 Å². The van der Waals surface area contributed by atoms with Crippen LogP contribution < -0.4 is 16.0 Å². The van der Waals surface area contributed by atoms with Crippen LogP contribution in [0.4, 0.5) is 0 Å². The molecule has 0 saturated carbocycles. The first-order chi connectivity index (χ1) is 15.3. The molecule has 1 aromatic rings. The second kappa shape index (κ2) is 10.6. The average Bonchev–Trinajstić information content (AvgIpc) is 3.46. The third-order valence-corrected chi connectivity index (χ3v) is 6.13. The SMILES string of the molecule is CC(=O)C(Cc1ccc(O)cc1)NC(=O)C(C)NC(=O)C1CCCN1C(=O)C1CCCN1. The van der Waals surface area contributed by atoms with Crippen molar-refractivity contribution in [3.05, 3.63) is 29.8 Å². The molecule has 3 amide bonds. The summed E-state index contributed by atoms with van der Waals surface area (Å²) in [4.78, 5) is 51.9. The fourth-order valence-corrected chi connectivity index (χ4v) is 4.23. The van der Waals surface area contributed by atoms with Crippen molar-refractivity contribution >= 4 is 23.5 Å². The summed E-state index contributed by atoms with van der Waals surface area (Å²) >= 11 is 0. The van der Waals surface area contributed by atoms with Crippen LogP contribution in [0.5, 0.6) is 5.75 Å². The molecule has 2 heterocycles. The van der Waals surface area contributed by atoms with E-state index in [9.17, 15) is 24.3 Å². The Balaban J connectivity index is 1.56. The van der Waals surface area contributed by atoms with Gasteiger partial charge in [0, 0.05) is 6.54 Å². The monoisotopic (exact) mass is 444 g/mol. The minimum Gasteiger partial charge on any atom is -0.508 e. The van der Waals surface area contributed by atoms with Gasteiger partial charge in [0.15, 0.2) is 5.78 Å². The van der Waals surface area contributed by atoms with Gasteiger partial charge in [0.25, 0.3) is 0 Å². The van der Waals surface area contributed by atoms with Gasteiger partial charge in [-0.2, -0.15) is 0 Å². The number of nitrogens with zero attached hydrogens (tertiary/aromatic N) is 1. The highest BCUT2D eigenvalue weighted by atomic mass is 16.3. The lowest BCUT2D eigenvalue weighted by molar-refractivity contribution is -0.140. The van der Waals surface area contributed by atoms with Gasteiger partial charge in [-0.05, 0) is 70.2 Å². The average molecular weight is 445 g/mol. The summed E-state index contributed by atoms with van der Waals surface area (Å²) in [5.41, 5.74) is 0.792. The third kappa shape index (κ3) is 5.85. The van der Waals surface area contributed by atoms with E-state index in [0.29, 0.717) is 13.0 Å². The van der Waals surface area contributed by atoms with Crippen LogP contribution in [0.15, 0.2) is 24.3 Å². The Kier molecular flexibility index (Phi) is 7.84. The first kappa shape index (κ1) is 23.7. The van der Waals surface area contributed by atoms with Gasteiger partial charge < -0.3 is 26.0 Å². The number of carbonyl (C=O) groups excluding carboxylic acids is 4. The Morgan fingerprint density at radius 2 is 1.84 bits per heavy atom. The molecule has 0 bridgehead atoms. The minimum atomic E-state index is -0.855. The van der Waals surface area contributed by atoms with E-state index in [1.54, 1.807) is 24.0 Å². The van der Waals surface area contributed by atoms with Crippen LogP contribution in [0.1, 0.15) is 45.1 Å². The maximum atomic E-state index is 12.8. The van der Waals surface area contributed by atoms with Crippen molar-refractivity contribution in [1.29, 1.82) is 0 Å². The number of hydrogen-bond donors (Lipinski definition) is 4. The lowest BCUT2D eigenvalue weighted by Crippen LogP contribution is -2.55. The third-order valence-electron chi connectivity index (χ3n) is 6.13. The van der Waals surface area contributed by atoms with Gasteiger partial charge in [-0.25, -0.2) is 0 Å². The maximum absolute atomic E-state index is 12.8. The van der Waals surface area contributed by atoms with E-state index in [1.165, 1.54) is 19.1 Å². The van der Waals surface area contributed by atoms with E-state index >= 15 is 0 Å². The van der Waals surface area contributed by atoms with Crippen LogP contribution in [0, 0.1) is 0 Å². The summed E-state index contributed by atoms with van der Waals surface area (Å²) < 4.78 is 0. The van der Waals surface area contributed by atoms with E-state index in [2.05, 4.69) is 16.0 Å². The summed E-state index contributed by atoms with van der Waals surface area (Å²) in [6.07, 6.45) is 3.31. The lowest BCUT2D eigenvalue weighted by Gasteiger charge is -2.28. The highest BCUT2D eigenvalue weighted by Crippen LogP contribution is 2.21. The van der Waals surface area contributed by atoms with Crippen molar-refractivity contribution in [2.24, 2.45) is 0 Å². The van der Waals surface area contributed by atoms with Crippen molar-refractivity contribution in [3.63, 3.8) is 0 Å². The zero-order valence-corrected chi connectivity index (χ0v) is 18.6. The number of phenolic OH excluding ortho intramolecular Hbond substituents is 1. The molecule has 9 heteroatoms. The van der Waals surface area contributed by atoms with Gasteiger partial charge in [-0.15, -0.1) is 0 Å². The normalized spacial score (nSPS) is 22.2. The number of hydrogen-bond acceptors (Lipinski definition) is 6. The number of phenols is 1. The molecule has 0 aromatic heterocycles. The molecule has 4 unspecified atom stereocenters. The van der Waals surface area contributed by atoms with Crippen LogP contribution in [0.25, 0.3) is 0 Å². The van der Waals surface area contributed by atoms with Crippen molar-refractivity contribution < 1.29 is 24.3 Å². The van der Waals surface area contributed by atoms with E-state index in [-0.39, 0.29) is 35.8 Å². The summed E-state index contributed by atoms with van der Waals surface area (Å²) in [6.45, 7) is 4.30. The fourth-order valence-electron chi connectivity index (χ4n) is 4.23. The Bertz CT molecular complexity index is 850. The molecular formula is C23H32N4O5. The molecule has 2 fully saturated rings. The van der Waals surface area contributed by atoms with Crippen LogP contribution in [0.3, 0.4) is 0 Å². The van der Waals surface area contributed by atoms with Crippen LogP contribution >= 0.6 is 0 Å². The van der Waals surface area contributed by atoms with Crippen molar-refractivity contribution in [2.45, 2.75) is 70.1 Å². The number of likely N-dealkylation sites (tertiary alicyclic amines) is 1. The Morgan fingerprint density at radius 1 is 1.12 bits per heavy atom. The molecule has 4 N–H and O–H groups in total. The number of Topliss-reactive ketones (excluding diaryl/α,β-unsaturated/α-hetero) is 1. The quantitative estimate of drug-likeness (QED) is 0.455. The molecule has 4 atom stereocenters. The van der Waals surface area contributed by atoms with Crippen molar-refractivity contribution in [1.82, 2.24) is 20.9 Å². The van der Waals surface area contributed by atoms with Gasteiger partial charge in [0.05, 0.1) is 12.1 Å². The van der Waals surface area contributed by atoms with Crippen LogP contribution in [-0.2, 0) is 25.6 Å². The summed E-state index contributed by atoms with van der Waals surface area (Å²) in [5, 5.41) is 18.0. The van der Waals surface area contributed by atoms with Gasteiger partial charge in [-0.3, -0.25) is 19.2 Å². The molecule has 1 aromatic carbocycles. The molecule has 3 rings (SSSR count). The smallest absolute Gasteiger partial charge is 0.243 e. The zero-order chi connectivity index (χ0) is 23.3. The standard InChI is InChI=1S/C23H32N4O5/c1-14(21(30)26-19(15(2)28)13-16-7-9-17(29)10-8-16)25-22(31)20-6-4-12-27(20)23(32)18-5-3-11-24-18/h7-10,14,18-20,24,29H,3-6,11-13H2,1-2H3,(H,25,31)(H,26,30). The molecule has 174 valence electrons. The van der Waals surface area contributed by atoms with Gasteiger partial charge >= 0.3 is 0 Å². The predicted octanol–water partition coefficient (Wildman–Crippen LogP) is 0.256. The number of amides is 3. The Labute approximate surface area is 187 Å². The first-order valence-corrected chi connectivity index (χ1v) is 11.2. The summed E-state index contributed by atoms with van der Waals surface area (Å²) in [6, 6.07) is 4.00. The Hall–Kier alpha value is -2.94. The first-order valence-electron chi connectivity index (χ1n) is 11.2. The molecule has 32 heavy (non-hydrogen) atoms. The fraction of sp³-hybridized carbons (Fsp3) is 0.565. The highest BCUT2D eigenvalue weighted by molar-refractivity contribution is 5.95. The van der Waals surface area contributed by atoms with E-state index in [1.807, 2.05) is 0 Å². The molecular weight excluding hydrogens is 412 g/mol. The van der Waals surface area contributed by atoms with E-state index in [4.69, 9.17) is 0 Å². The number of benzene rings is 1. The second-order valence-corrected chi connectivity index (χ2v) is 8.61. The van der Waals surface area contributed by atoms with Gasteiger partial charge in [-0.1, -0.05) is 12.1 Å². The van der Waals surface area contributed by atoms with Crippen molar-refractivity contribution in [2.75, 3.05) is 13.1 Å². The Morgan fingerprint density at radius 3 is 2.47 bits per heavy atom. The number of aromatic hydroxyl groups is 1. The highest BCUT2D eigenvalue weighted by Gasteiger charge is 2.38. The molecule has 0 aliphatic carbocycles. The number of ketones is 1. The van der Waals surface area contributed by atoms with Gasteiger partial charge in [0.2, 0.25) is 17.7 Å². The second-order valence-electron chi connectivity index (χ2n) is 8.61.